The molecule has 1 amide bonds. The van der Waals surface area contributed by atoms with Crippen LogP contribution in [0, 0.1) is 5.82 Å². The summed E-state index contributed by atoms with van der Waals surface area (Å²) in [5.74, 6) is 0.0905. The summed E-state index contributed by atoms with van der Waals surface area (Å²) in [6, 6.07) is 17.5. The summed E-state index contributed by atoms with van der Waals surface area (Å²) in [5.41, 5.74) is 1.97. The molecule has 5 heteroatoms. The van der Waals surface area contributed by atoms with Gasteiger partial charge >= 0.3 is 0 Å². The lowest BCUT2D eigenvalue weighted by atomic mass is 10.0. The van der Waals surface area contributed by atoms with Gasteiger partial charge in [0.05, 0.1) is 6.04 Å². The molecular weight excluding hydrogens is 319 g/mol. The number of rotatable bonds is 3. The predicted molar refractivity (Wildman–Crippen MR) is 91.4 cm³/mol. The SMILES string of the molecule is O=C(c1cc(-c2ccccc2)on1)N1CCCC1c1cccc(F)c1. The predicted octanol–water partition coefficient (Wildman–Crippen LogP) is 4.46. The van der Waals surface area contributed by atoms with Gasteiger partial charge in [-0.3, -0.25) is 4.79 Å². The Labute approximate surface area is 144 Å². The summed E-state index contributed by atoms with van der Waals surface area (Å²) in [4.78, 5) is 14.6. The average Bonchev–Trinajstić information content (AvgIpc) is 3.32. The summed E-state index contributed by atoms with van der Waals surface area (Å²) in [7, 11) is 0. The smallest absolute Gasteiger partial charge is 0.276 e. The van der Waals surface area contributed by atoms with E-state index in [1.807, 2.05) is 36.4 Å². The first-order valence-electron chi connectivity index (χ1n) is 8.31. The zero-order valence-electron chi connectivity index (χ0n) is 13.6. The van der Waals surface area contributed by atoms with Crippen LogP contribution >= 0.6 is 0 Å². The molecule has 1 atom stereocenters. The summed E-state index contributed by atoms with van der Waals surface area (Å²) >= 11 is 0. The van der Waals surface area contributed by atoms with Crippen molar-refractivity contribution in [3.63, 3.8) is 0 Å². The van der Waals surface area contributed by atoms with Crippen LogP contribution < -0.4 is 0 Å². The second-order valence-electron chi connectivity index (χ2n) is 6.15. The molecule has 1 saturated heterocycles. The van der Waals surface area contributed by atoms with Crippen molar-refractivity contribution in [2.24, 2.45) is 0 Å². The van der Waals surface area contributed by atoms with Gasteiger partial charge in [0.15, 0.2) is 11.5 Å². The third-order valence-corrected chi connectivity index (χ3v) is 4.53. The number of carbonyl (C=O) groups is 1. The Morgan fingerprint density at radius 2 is 1.96 bits per heavy atom. The molecule has 1 unspecified atom stereocenters. The molecule has 2 aromatic carbocycles. The fourth-order valence-electron chi connectivity index (χ4n) is 3.33. The van der Waals surface area contributed by atoms with Crippen LogP contribution in [-0.4, -0.2) is 22.5 Å². The van der Waals surface area contributed by atoms with Crippen molar-refractivity contribution in [3.05, 3.63) is 77.7 Å². The Morgan fingerprint density at radius 3 is 2.76 bits per heavy atom. The molecule has 4 rings (SSSR count). The molecule has 1 fully saturated rings. The van der Waals surface area contributed by atoms with E-state index in [-0.39, 0.29) is 23.5 Å². The highest BCUT2D eigenvalue weighted by Crippen LogP contribution is 2.33. The van der Waals surface area contributed by atoms with Crippen LogP contribution in [0.3, 0.4) is 0 Å². The summed E-state index contributed by atoms with van der Waals surface area (Å²) < 4.78 is 18.9. The van der Waals surface area contributed by atoms with Gasteiger partial charge in [0, 0.05) is 18.2 Å². The zero-order chi connectivity index (χ0) is 17.2. The van der Waals surface area contributed by atoms with Gasteiger partial charge < -0.3 is 9.42 Å². The zero-order valence-corrected chi connectivity index (χ0v) is 13.6. The molecule has 2 heterocycles. The van der Waals surface area contributed by atoms with E-state index in [9.17, 15) is 9.18 Å². The van der Waals surface area contributed by atoms with Gasteiger partial charge in [0.25, 0.3) is 5.91 Å². The average molecular weight is 336 g/mol. The number of hydrogen-bond donors (Lipinski definition) is 0. The van der Waals surface area contributed by atoms with Crippen LogP contribution in [0.2, 0.25) is 0 Å². The molecule has 126 valence electrons. The molecule has 0 bridgehead atoms. The minimum absolute atomic E-state index is 0.125. The van der Waals surface area contributed by atoms with E-state index in [1.54, 1.807) is 17.0 Å². The molecule has 25 heavy (non-hydrogen) atoms. The minimum Gasteiger partial charge on any atom is -0.355 e. The van der Waals surface area contributed by atoms with Gasteiger partial charge in [-0.25, -0.2) is 4.39 Å². The molecule has 0 N–H and O–H groups in total. The number of likely N-dealkylation sites (tertiary alicyclic amines) is 1. The molecule has 0 aliphatic carbocycles. The number of amides is 1. The number of halogens is 1. The maximum atomic E-state index is 13.5. The molecule has 1 aromatic heterocycles. The monoisotopic (exact) mass is 336 g/mol. The first kappa shape index (κ1) is 15.6. The van der Waals surface area contributed by atoms with E-state index in [4.69, 9.17) is 4.52 Å². The summed E-state index contributed by atoms with van der Waals surface area (Å²) in [5, 5.41) is 3.94. The highest BCUT2D eigenvalue weighted by atomic mass is 19.1. The summed E-state index contributed by atoms with van der Waals surface area (Å²) in [6.07, 6.45) is 1.70. The third kappa shape index (κ3) is 3.05. The second-order valence-corrected chi connectivity index (χ2v) is 6.15. The number of benzene rings is 2. The molecule has 3 aromatic rings. The van der Waals surface area contributed by atoms with Crippen molar-refractivity contribution in [2.45, 2.75) is 18.9 Å². The lowest BCUT2D eigenvalue weighted by molar-refractivity contribution is 0.0725. The fraction of sp³-hybridized carbons (Fsp3) is 0.200. The van der Waals surface area contributed by atoms with Crippen LogP contribution in [0.4, 0.5) is 4.39 Å². The Morgan fingerprint density at radius 1 is 1.12 bits per heavy atom. The van der Waals surface area contributed by atoms with Gasteiger partial charge in [-0.05, 0) is 30.5 Å². The number of aromatic nitrogens is 1. The normalized spacial score (nSPS) is 17.0. The molecular formula is C20H17FN2O2. The number of carbonyl (C=O) groups excluding carboxylic acids is 1. The van der Waals surface area contributed by atoms with Crippen LogP contribution in [0.5, 0.6) is 0 Å². The number of hydrogen-bond acceptors (Lipinski definition) is 3. The van der Waals surface area contributed by atoms with E-state index >= 15 is 0 Å². The van der Waals surface area contributed by atoms with E-state index in [2.05, 4.69) is 5.16 Å². The van der Waals surface area contributed by atoms with Crippen molar-refractivity contribution in [1.82, 2.24) is 10.1 Å². The van der Waals surface area contributed by atoms with Gasteiger partial charge in [0.1, 0.15) is 5.82 Å². The highest BCUT2D eigenvalue weighted by Gasteiger charge is 2.32. The lowest BCUT2D eigenvalue weighted by Gasteiger charge is -2.24. The quantitative estimate of drug-likeness (QED) is 0.709. The largest absolute Gasteiger partial charge is 0.355 e. The molecule has 1 aliphatic rings. The van der Waals surface area contributed by atoms with Crippen molar-refractivity contribution in [3.8, 4) is 11.3 Å². The second kappa shape index (κ2) is 6.51. The van der Waals surface area contributed by atoms with E-state index in [1.165, 1.54) is 12.1 Å². The fourth-order valence-corrected chi connectivity index (χ4v) is 3.33. The first-order chi connectivity index (χ1) is 12.2. The molecule has 4 nitrogen and oxygen atoms in total. The Balaban J connectivity index is 1.59. The molecule has 0 saturated carbocycles. The van der Waals surface area contributed by atoms with Crippen molar-refractivity contribution >= 4 is 5.91 Å². The lowest BCUT2D eigenvalue weighted by Crippen LogP contribution is -2.30. The van der Waals surface area contributed by atoms with Crippen molar-refractivity contribution in [2.75, 3.05) is 6.54 Å². The maximum Gasteiger partial charge on any atom is 0.276 e. The topological polar surface area (TPSA) is 46.3 Å². The Bertz CT molecular complexity index is 891. The molecule has 1 aliphatic heterocycles. The van der Waals surface area contributed by atoms with Gasteiger partial charge in [-0.1, -0.05) is 47.6 Å². The Hall–Kier alpha value is -2.95. The minimum atomic E-state index is -0.287. The van der Waals surface area contributed by atoms with E-state index < -0.39 is 0 Å². The van der Waals surface area contributed by atoms with Gasteiger partial charge in [-0.2, -0.15) is 0 Å². The van der Waals surface area contributed by atoms with Crippen LogP contribution in [0.1, 0.15) is 34.9 Å². The van der Waals surface area contributed by atoms with E-state index in [0.29, 0.717) is 12.3 Å². The van der Waals surface area contributed by atoms with Crippen LogP contribution in [-0.2, 0) is 0 Å². The van der Waals surface area contributed by atoms with Crippen molar-refractivity contribution < 1.29 is 13.7 Å². The van der Waals surface area contributed by atoms with Gasteiger partial charge in [0.2, 0.25) is 0 Å². The van der Waals surface area contributed by atoms with Crippen LogP contribution in [0.15, 0.2) is 65.2 Å². The van der Waals surface area contributed by atoms with Crippen LogP contribution in [0.25, 0.3) is 11.3 Å². The molecule has 0 radical (unpaired) electrons. The molecule has 0 spiro atoms. The standard InChI is InChI=1S/C20H17FN2O2/c21-16-9-4-8-15(12-16)18-10-5-11-23(18)20(24)17-13-19(25-22-17)14-6-2-1-3-7-14/h1-4,6-9,12-13,18H,5,10-11H2. The first-order valence-corrected chi connectivity index (χ1v) is 8.31. The van der Waals surface area contributed by atoms with E-state index in [0.717, 1.165) is 24.0 Å². The Kier molecular flexibility index (Phi) is 4.06. The maximum absolute atomic E-state index is 13.5. The summed E-state index contributed by atoms with van der Waals surface area (Å²) in [6.45, 7) is 0.632. The van der Waals surface area contributed by atoms with Gasteiger partial charge in [-0.15, -0.1) is 0 Å². The third-order valence-electron chi connectivity index (χ3n) is 4.53. The number of nitrogens with zero attached hydrogens (tertiary/aromatic N) is 2. The highest BCUT2D eigenvalue weighted by molar-refractivity contribution is 5.93. The van der Waals surface area contributed by atoms with Crippen molar-refractivity contribution in [1.29, 1.82) is 0 Å².